The number of hydrogen-bond donors (Lipinski definition) is 0. The van der Waals surface area contributed by atoms with Crippen molar-refractivity contribution >= 4 is 11.8 Å². The molecule has 27 heavy (non-hydrogen) atoms. The summed E-state index contributed by atoms with van der Waals surface area (Å²) < 4.78 is 6.13. The van der Waals surface area contributed by atoms with Gasteiger partial charge in [-0.05, 0) is 24.3 Å². The van der Waals surface area contributed by atoms with E-state index in [1.54, 1.807) is 13.1 Å². The van der Waals surface area contributed by atoms with Crippen LogP contribution in [0, 0.1) is 5.41 Å². The summed E-state index contributed by atoms with van der Waals surface area (Å²) in [6, 6.07) is 3.98. The van der Waals surface area contributed by atoms with Crippen LogP contribution in [0.15, 0.2) is 18.3 Å². The molecule has 0 bridgehead atoms. The molecule has 2 saturated heterocycles. The Labute approximate surface area is 161 Å². The summed E-state index contributed by atoms with van der Waals surface area (Å²) in [5, 5.41) is 0. The lowest BCUT2D eigenvalue weighted by Crippen LogP contribution is -2.56. The molecule has 6 heteroatoms. The van der Waals surface area contributed by atoms with Gasteiger partial charge in [0.25, 0.3) is 0 Å². The van der Waals surface area contributed by atoms with E-state index in [4.69, 9.17) is 4.74 Å². The molecule has 0 N–H and O–H groups in total. The molecule has 2 fully saturated rings. The summed E-state index contributed by atoms with van der Waals surface area (Å²) in [6.45, 7) is 10.6. The fraction of sp³-hybridized carbons (Fsp3) is 0.667. The maximum atomic E-state index is 12.3. The Bertz CT molecular complexity index is 692. The molecule has 0 saturated carbocycles. The Kier molecular flexibility index (Phi) is 5.72. The predicted octanol–water partition coefficient (Wildman–Crippen LogP) is 2.83. The van der Waals surface area contributed by atoms with Crippen LogP contribution < -0.4 is 4.74 Å². The molecule has 1 atom stereocenters. The van der Waals surface area contributed by atoms with Crippen molar-refractivity contribution in [3.63, 3.8) is 0 Å². The summed E-state index contributed by atoms with van der Waals surface area (Å²) >= 11 is 0. The molecule has 1 aromatic heterocycles. The van der Waals surface area contributed by atoms with Gasteiger partial charge in [-0.3, -0.25) is 9.59 Å². The van der Waals surface area contributed by atoms with E-state index in [0.717, 1.165) is 31.5 Å². The third-order valence-corrected chi connectivity index (χ3v) is 5.27. The van der Waals surface area contributed by atoms with Gasteiger partial charge < -0.3 is 14.5 Å². The van der Waals surface area contributed by atoms with E-state index >= 15 is 0 Å². The van der Waals surface area contributed by atoms with Crippen LogP contribution >= 0.6 is 0 Å². The number of aromatic nitrogens is 1. The lowest BCUT2D eigenvalue weighted by atomic mass is 9.90. The quantitative estimate of drug-likeness (QED) is 0.814. The van der Waals surface area contributed by atoms with E-state index in [9.17, 15) is 9.59 Å². The fourth-order valence-corrected chi connectivity index (χ4v) is 3.77. The smallest absolute Gasteiger partial charge is 0.223 e. The number of nitrogens with zero attached hydrogens (tertiary/aromatic N) is 3. The third-order valence-electron chi connectivity index (χ3n) is 5.27. The van der Waals surface area contributed by atoms with Crippen LogP contribution in [0.5, 0.6) is 5.88 Å². The molecule has 1 aromatic rings. The van der Waals surface area contributed by atoms with Crippen molar-refractivity contribution in [1.29, 1.82) is 0 Å². The van der Waals surface area contributed by atoms with Crippen molar-refractivity contribution in [3.05, 3.63) is 23.9 Å². The zero-order chi connectivity index (χ0) is 19.6. The van der Waals surface area contributed by atoms with E-state index in [-0.39, 0.29) is 29.3 Å². The van der Waals surface area contributed by atoms with Crippen LogP contribution in [0.2, 0.25) is 0 Å². The first-order valence-corrected chi connectivity index (χ1v) is 9.88. The van der Waals surface area contributed by atoms with E-state index in [2.05, 4.69) is 31.8 Å². The molecule has 0 radical (unpaired) electrons. The molecular formula is C21H31N3O3. The lowest BCUT2D eigenvalue weighted by Gasteiger charge is -2.40. The van der Waals surface area contributed by atoms with Crippen molar-refractivity contribution in [2.45, 2.75) is 59.0 Å². The molecule has 148 valence electrons. The standard InChI is InChI=1S/C21H31N3O3/c1-15(25)23-10-6-7-16(12-23)18-8-5-9-22-20(18)27-17-13-24(14-17)19(26)11-21(2,3)4/h5,8-9,16-17H,6-7,10-14H2,1-4H3/t16-/m1/s1. The minimum absolute atomic E-state index is 0.000745. The van der Waals surface area contributed by atoms with Crippen molar-refractivity contribution < 1.29 is 14.3 Å². The Morgan fingerprint density at radius 3 is 2.63 bits per heavy atom. The highest BCUT2D eigenvalue weighted by Gasteiger charge is 2.35. The largest absolute Gasteiger partial charge is 0.470 e. The minimum Gasteiger partial charge on any atom is -0.470 e. The SMILES string of the molecule is CC(=O)N1CCC[C@@H](c2cccnc2OC2CN(C(=O)CC(C)(C)C)C2)C1. The van der Waals surface area contributed by atoms with E-state index < -0.39 is 0 Å². The van der Waals surface area contributed by atoms with Gasteiger partial charge >= 0.3 is 0 Å². The normalized spacial score (nSPS) is 21.0. The Morgan fingerprint density at radius 1 is 1.22 bits per heavy atom. The van der Waals surface area contributed by atoms with Crippen molar-refractivity contribution in [2.75, 3.05) is 26.2 Å². The van der Waals surface area contributed by atoms with Crippen molar-refractivity contribution in [3.8, 4) is 5.88 Å². The van der Waals surface area contributed by atoms with Crippen LogP contribution in [0.3, 0.4) is 0 Å². The first kappa shape index (κ1) is 19.6. The molecule has 0 spiro atoms. The average Bonchev–Trinajstić information content (AvgIpc) is 2.56. The summed E-state index contributed by atoms with van der Waals surface area (Å²) in [5.74, 6) is 1.22. The number of rotatable bonds is 4. The van der Waals surface area contributed by atoms with Gasteiger partial charge in [0.15, 0.2) is 0 Å². The molecule has 2 aliphatic heterocycles. The van der Waals surface area contributed by atoms with Crippen LogP contribution in [-0.4, -0.2) is 58.9 Å². The molecule has 0 aliphatic carbocycles. The number of ether oxygens (including phenoxy) is 1. The van der Waals surface area contributed by atoms with Gasteiger partial charge in [0.1, 0.15) is 6.10 Å². The maximum absolute atomic E-state index is 12.3. The number of pyridine rings is 1. The lowest BCUT2D eigenvalue weighted by molar-refractivity contribution is -0.142. The summed E-state index contributed by atoms with van der Waals surface area (Å²) in [5.41, 5.74) is 1.07. The molecule has 0 unspecified atom stereocenters. The molecule has 2 amide bonds. The summed E-state index contributed by atoms with van der Waals surface area (Å²) in [6.07, 6.45) is 4.32. The Morgan fingerprint density at radius 2 is 1.96 bits per heavy atom. The second-order valence-corrected chi connectivity index (χ2v) is 8.98. The van der Waals surface area contributed by atoms with Gasteiger partial charge in [0.2, 0.25) is 17.7 Å². The molecular weight excluding hydrogens is 342 g/mol. The number of likely N-dealkylation sites (tertiary alicyclic amines) is 2. The predicted molar refractivity (Wildman–Crippen MR) is 104 cm³/mol. The number of hydrogen-bond acceptors (Lipinski definition) is 4. The zero-order valence-electron chi connectivity index (χ0n) is 16.9. The highest BCUT2D eigenvalue weighted by atomic mass is 16.5. The molecule has 2 aliphatic rings. The number of carbonyl (C=O) groups is 2. The number of carbonyl (C=O) groups excluding carboxylic acids is 2. The maximum Gasteiger partial charge on any atom is 0.223 e. The number of amides is 2. The minimum atomic E-state index is -0.00457. The van der Waals surface area contributed by atoms with Crippen LogP contribution in [0.25, 0.3) is 0 Å². The van der Waals surface area contributed by atoms with E-state index in [1.165, 1.54) is 0 Å². The van der Waals surface area contributed by atoms with E-state index in [1.807, 2.05) is 15.9 Å². The van der Waals surface area contributed by atoms with Crippen LogP contribution in [0.1, 0.15) is 58.4 Å². The highest BCUT2D eigenvalue weighted by Crippen LogP contribution is 2.33. The second kappa shape index (κ2) is 7.87. The van der Waals surface area contributed by atoms with Gasteiger partial charge in [-0.1, -0.05) is 26.8 Å². The van der Waals surface area contributed by atoms with Crippen LogP contribution in [0.4, 0.5) is 0 Å². The summed E-state index contributed by atoms with van der Waals surface area (Å²) in [4.78, 5) is 32.2. The van der Waals surface area contributed by atoms with Gasteiger partial charge in [0, 0.05) is 44.1 Å². The average molecular weight is 373 g/mol. The second-order valence-electron chi connectivity index (χ2n) is 8.98. The van der Waals surface area contributed by atoms with Crippen LogP contribution in [-0.2, 0) is 9.59 Å². The monoisotopic (exact) mass is 373 g/mol. The molecule has 6 nitrogen and oxygen atoms in total. The summed E-state index contributed by atoms with van der Waals surface area (Å²) in [7, 11) is 0. The number of piperidine rings is 1. The van der Waals surface area contributed by atoms with Gasteiger partial charge in [-0.2, -0.15) is 0 Å². The fourth-order valence-electron chi connectivity index (χ4n) is 3.77. The molecule has 0 aromatic carbocycles. The van der Waals surface area contributed by atoms with E-state index in [0.29, 0.717) is 25.4 Å². The topological polar surface area (TPSA) is 62.7 Å². The molecule has 3 heterocycles. The van der Waals surface area contributed by atoms with Crippen molar-refractivity contribution in [2.24, 2.45) is 5.41 Å². The Hall–Kier alpha value is -2.11. The van der Waals surface area contributed by atoms with Gasteiger partial charge in [0.05, 0.1) is 13.1 Å². The molecule has 3 rings (SSSR count). The van der Waals surface area contributed by atoms with Crippen molar-refractivity contribution in [1.82, 2.24) is 14.8 Å². The van der Waals surface area contributed by atoms with Gasteiger partial charge in [-0.15, -0.1) is 0 Å². The third kappa shape index (κ3) is 4.99. The zero-order valence-corrected chi connectivity index (χ0v) is 16.9. The Balaban J connectivity index is 1.60. The first-order valence-electron chi connectivity index (χ1n) is 9.88. The van der Waals surface area contributed by atoms with Gasteiger partial charge in [-0.25, -0.2) is 4.98 Å². The highest BCUT2D eigenvalue weighted by molar-refractivity contribution is 5.77. The first-order chi connectivity index (χ1) is 12.7.